The van der Waals surface area contributed by atoms with Crippen LogP contribution in [0.3, 0.4) is 0 Å². The minimum Gasteiger partial charge on any atom is -0.338 e. The van der Waals surface area contributed by atoms with Crippen molar-refractivity contribution in [3.63, 3.8) is 0 Å². The molecule has 0 aromatic rings. The Morgan fingerprint density at radius 1 is 1.62 bits per heavy atom. The van der Waals surface area contributed by atoms with Crippen molar-refractivity contribution >= 4 is 5.91 Å². The molecule has 0 spiro atoms. The van der Waals surface area contributed by atoms with Crippen molar-refractivity contribution in [2.24, 2.45) is 5.92 Å². The van der Waals surface area contributed by atoms with Gasteiger partial charge in [-0.1, -0.05) is 33.8 Å². The van der Waals surface area contributed by atoms with Gasteiger partial charge in [-0.3, -0.25) is 4.79 Å². The van der Waals surface area contributed by atoms with Gasteiger partial charge in [0.1, 0.15) is 0 Å². The molecule has 92 valence electrons. The molecule has 0 aliphatic carbocycles. The number of amides is 1. The second kappa shape index (κ2) is 6.04. The molecule has 3 nitrogen and oxygen atoms in total. The van der Waals surface area contributed by atoms with E-state index in [1.807, 2.05) is 4.90 Å². The third-order valence-electron chi connectivity index (χ3n) is 3.05. The third kappa shape index (κ3) is 3.97. The average molecular weight is 224 g/mol. The molecule has 16 heavy (non-hydrogen) atoms. The fourth-order valence-electron chi connectivity index (χ4n) is 1.95. The molecule has 0 bridgehead atoms. The number of nitrogens with zero attached hydrogens (tertiary/aromatic N) is 1. The van der Waals surface area contributed by atoms with Crippen LogP contribution >= 0.6 is 0 Å². The van der Waals surface area contributed by atoms with Crippen LogP contribution < -0.4 is 5.32 Å². The largest absolute Gasteiger partial charge is 0.338 e. The smallest absolute Gasteiger partial charge is 0.223 e. The van der Waals surface area contributed by atoms with E-state index in [9.17, 15) is 4.79 Å². The quantitative estimate of drug-likeness (QED) is 0.698. The van der Waals surface area contributed by atoms with E-state index < -0.39 is 0 Å². The fourth-order valence-corrected chi connectivity index (χ4v) is 1.95. The number of rotatable bonds is 6. The molecule has 1 unspecified atom stereocenters. The Hall–Kier alpha value is -0.830. The van der Waals surface area contributed by atoms with Crippen molar-refractivity contribution in [1.29, 1.82) is 0 Å². The summed E-state index contributed by atoms with van der Waals surface area (Å²) in [4.78, 5) is 13.6. The van der Waals surface area contributed by atoms with Crippen molar-refractivity contribution in [2.75, 3.05) is 19.6 Å². The Bertz CT molecular complexity index is 261. The molecule has 1 fully saturated rings. The minimum absolute atomic E-state index is 0.289. The van der Waals surface area contributed by atoms with Crippen molar-refractivity contribution in [3.05, 3.63) is 12.2 Å². The first kappa shape index (κ1) is 13.2. The zero-order valence-electron chi connectivity index (χ0n) is 10.8. The zero-order valence-corrected chi connectivity index (χ0v) is 10.8. The van der Waals surface area contributed by atoms with Crippen LogP contribution in [-0.2, 0) is 4.79 Å². The second-order valence-corrected chi connectivity index (χ2v) is 5.04. The van der Waals surface area contributed by atoms with E-state index >= 15 is 0 Å². The molecule has 0 radical (unpaired) electrons. The molecule has 1 rings (SSSR count). The molecular weight excluding hydrogens is 200 g/mol. The van der Waals surface area contributed by atoms with Gasteiger partial charge < -0.3 is 10.2 Å². The van der Waals surface area contributed by atoms with Crippen LogP contribution in [0.5, 0.6) is 0 Å². The molecule has 1 aliphatic rings. The standard InChI is InChI=1S/C13H24N2O/c1-5-12-6-13(16)15(9-12)8-11(4)7-14-10(2)3/h10,12,14H,4-9H2,1-3H3. The summed E-state index contributed by atoms with van der Waals surface area (Å²) in [6, 6.07) is 0.467. The van der Waals surface area contributed by atoms with E-state index in [2.05, 4.69) is 32.7 Å². The third-order valence-corrected chi connectivity index (χ3v) is 3.05. The Morgan fingerprint density at radius 2 is 2.31 bits per heavy atom. The van der Waals surface area contributed by atoms with Crippen molar-refractivity contribution in [2.45, 2.75) is 39.7 Å². The van der Waals surface area contributed by atoms with E-state index in [-0.39, 0.29) is 5.91 Å². The van der Waals surface area contributed by atoms with Crippen LogP contribution in [0.4, 0.5) is 0 Å². The highest BCUT2D eigenvalue weighted by atomic mass is 16.2. The van der Waals surface area contributed by atoms with Crippen LogP contribution in [0.15, 0.2) is 12.2 Å². The van der Waals surface area contributed by atoms with Gasteiger partial charge in [-0.2, -0.15) is 0 Å². The van der Waals surface area contributed by atoms with E-state index in [1.54, 1.807) is 0 Å². The number of hydrogen-bond acceptors (Lipinski definition) is 2. The van der Waals surface area contributed by atoms with Gasteiger partial charge in [0.15, 0.2) is 0 Å². The molecule has 1 saturated heterocycles. The normalized spacial score (nSPS) is 20.9. The lowest BCUT2D eigenvalue weighted by Gasteiger charge is -2.19. The Balaban J connectivity index is 2.31. The van der Waals surface area contributed by atoms with E-state index in [1.165, 1.54) is 0 Å². The summed E-state index contributed by atoms with van der Waals surface area (Å²) >= 11 is 0. The van der Waals surface area contributed by atoms with Gasteiger partial charge >= 0.3 is 0 Å². The van der Waals surface area contributed by atoms with Gasteiger partial charge in [-0.05, 0) is 11.5 Å². The Morgan fingerprint density at radius 3 is 2.81 bits per heavy atom. The first-order chi connectivity index (χ1) is 7.52. The predicted octanol–water partition coefficient (Wildman–Crippen LogP) is 1.80. The summed E-state index contributed by atoms with van der Waals surface area (Å²) in [6.45, 7) is 12.8. The summed E-state index contributed by atoms with van der Waals surface area (Å²) in [5.41, 5.74) is 1.10. The van der Waals surface area contributed by atoms with Crippen LogP contribution in [0, 0.1) is 5.92 Å². The Labute approximate surface area is 98.9 Å². The zero-order chi connectivity index (χ0) is 12.1. The van der Waals surface area contributed by atoms with Gasteiger partial charge in [0, 0.05) is 32.1 Å². The Kier molecular flexibility index (Phi) is 5.00. The average Bonchev–Trinajstić information content (AvgIpc) is 2.57. The van der Waals surface area contributed by atoms with Gasteiger partial charge in [0.25, 0.3) is 0 Å². The SMILES string of the molecule is C=C(CNC(C)C)CN1CC(CC)CC1=O. The van der Waals surface area contributed by atoms with Gasteiger partial charge in [-0.15, -0.1) is 0 Å². The summed E-state index contributed by atoms with van der Waals surface area (Å²) < 4.78 is 0. The van der Waals surface area contributed by atoms with Gasteiger partial charge in [-0.25, -0.2) is 0 Å². The minimum atomic E-state index is 0.289. The molecule has 1 atom stereocenters. The fraction of sp³-hybridized carbons (Fsp3) is 0.769. The lowest BCUT2D eigenvalue weighted by Crippen LogP contribution is -2.32. The van der Waals surface area contributed by atoms with Crippen LogP contribution in [0.2, 0.25) is 0 Å². The van der Waals surface area contributed by atoms with E-state index in [4.69, 9.17) is 0 Å². The number of nitrogens with one attached hydrogen (secondary N) is 1. The van der Waals surface area contributed by atoms with Crippen LogP contribution in [0.1, 0.15) is 33.6 Å². The first-order valence-electron chi connectivity index (χ1n) is 6.20. The van der Waals surface area contributed by atoms with Crippen molar-refractivity contribution < 1.29 is 4.79 Å². The van der Waals surface area contributed by atoms with Crippen molar-refractivity contribution in [3.8, 4) is 0 Å². The summed E-state index contributed by atoms with van der Waals surface area (Å²) in [5.74, 6) is 0.843. The van der Waals surface area contributed by atoms with E-state index in [0.29, 0.717) is 12.0 Å². The molecule has 0 aromatic carbocycles. The topological polar surface area (TPSA) is 32.3 Å². The lowest BCUT2D eigenvalue weighted by molar-refractivity contribution is -0.127. The monoisotopic (exact) mass is 224 g/mol. The molecule has 1 N–H and O–H groups in total. The number of hydrogen-bond donors (Lipinski definition) is 1. The molecule has 1 heterocycles. The maximum absolute atomic E-state index is 11.7. The molecule has 0 saturated carbocycles. The highest BCUT2D eigenvalue weighted by Crippen LogP contribution is 2.20. The highest BCUT2D eigenvalue weighted by molar-refractivity contribution is 5.78. The predicted molar refractivity (Wildman–Crippen MR) is 67.3 cm³/mol. The van der Waals surface area contributed by atoms with Crippen LogP contribution in [0.25, 0.3) is 0 Å². The molecule has 1 aliphatic heterocycles. The number of carbonyl (C=O) groups is 1. The van der Waals surface area contributed by atoms with Gasteiger partial charge in [0.05, 0.1) is 0 Å². The molecule has 3 heteroatoms. The summed E-state index contributed by atoms with van der Waals surface area (Å²) in [5, 5.41) is 3.32. The lowest BCUT2D eigenvalue weighted by atomic mass is 10.1. The highest BCUT2D eigenvalue weighted by Gasteiger charge is 2.28. The molecule has 1 amide bonds. The first-order valence-corrected chi connectivity index (χ1v) is 6.20. The maximum Gasteiger partial charge on any atom is 0.223 e. The van der Waals surface area contributed by atoms with E-state index in [0.717, 1.165) is 38.0 Å². The number of carbonyl (C=O) groups excluding carboxylic acids is 1. The summed E-state index contributed by atoms with van der Waals surface area (Å²) in [7, 11) is 0. The second-order valence-electron chi connectivity index (χ2n) is 5.04. The van der Waals surface area contributed by atoms with Crippen LogP contribution in [-0.4, -0.2) is 36.5 Å². The van der Waals surface area contributed by atoms with Gasteiger partial charge in [0.2, 0.25) is 5.91 Å². The maximum atomic E-state index is 11.7. The summed E-state index contributed by atoms with van der Waals surface area (Å²) in [6.07, 6.45) is 1.82. The molecule has 0 aromatic heterocycles. The number of likely N-dealkylation sites (tertiary alicyclic amines) is 1. The molecular formula is C13H24N2O. The van der Waals surface area contributed by atoms with Crippen molar-refractivity contribution in [1.82, 2.24) is 10.2 Å².